The van der Waals surface area contributed by atoms with Gasteiger partial charge in [0, 0.05) is 18.7 Å². The number of rotatable bonds is 3. The first kappa shape index (κ1) is 14.3. The number of aryl methyl sites for hydroxylation is 1. The lowest BCUT2D eigenvalue weighted by Gasteiger charge is -2.22. The second-order valence-electron chi connectivity index (χ2n) is 5.45. The Kier molecular flexibility index (Phi) is 3.84. The lowest BCUT2D eigenvalue weighted by atomic mass is 10.0. The van der Waals surface area contributed by atoms with Gasteiger partial charge < -0.3 is 5.32 Å². The molecule has 0 saturated carbocycles. The van der Waals surface area contributed by atoms with Crippen LogP contribution in [0.5, 0.6) is 0 Å². The van der Waals surface area contributed by atoms with Crippen molar-refractivity contribution < 1.29 is 13.2 Å². The first-order chi connectivity index (χ1) is 10.0. The minimum absolute atomic E-state index is 0.428. The van der Waals surface area contributed by atoms with E-state index in [0.29, 0.717) is 23.9 Å². The number of pyridine rings is 1. The number of hydrogen-bond donors (Lipinski definition) is 1. The van der Waals surface area contributed by atoms with Gasteiger partial charge >= 0.3 is 6.18 Å². The maximum absolute atomic E-state index is 12.8. The number of alkyl halides is 3. The molecule has 1 N–H and O–H groups in total. The molecule has 7 heteroatoms. The van der Waals surface area contributed by atoms with Crippen LogP contribution in [0, 0.1) is 0 Å². The normalized spacial score (nSPS) is 20.0. The number of fused-ring (bicyclic) bond motifs is 1. The molecule has 1 aliphatic rings. The van der Waals surface area contributed by atoms with Crippen LogP contribution in [-0.4, -0.2) is 27.2 Å². The Bertz CT molecular complexity index is 614. The van der Waals surface area contributed by atoms with Crippen molar-refractivity contribution in [3.8, 4) is 0 Å². The predicted molar refractivity (Wildman–Crippen MR) is 72.0 cm³/mol. The summed E-state index contributed by atoms with van der Waals surface area (Å²) in [5, 5.41) is 11.4. The topological polar surface area (TPSA) is 42.2 Å². The standard InChI is InChI=1S/C14H17F3N4/c15-14(16,17)10-4-6-12-19-20-13(21(12)9-10)7-5-11-3-1-2-8-18-11/h4,6,9,11,18H,1-3,5,7-8H2. The fourth-order valence-corrected chi connectivity index (χ4v) is 2.75. The number of halogens is 3. The Morgan fingerprint density at radius 3 is 2.81 bits per heavy atom. The maximum Gasteiger partial charge on any atom is 0.417 e. The molecule has 1 unspecified atom stereocenters. The lowest BCUT2D eigenvalue weighted by Crippen LogP contribution is -2.34. The zero-order valence-corrected chi connectivity index (χ0v) is 11.5. The Labute approximate surface area is 120 Å². The number of hydrogen-bond acceptors (Lipinski definition) is 3. The van der Waals surface area contributed by atoms with Crippen LogP contribution in [0.1, 0.15) is 37.1 Å². The largest absolute Gasteiger partial charge is 0.417 e. The zero-order valence-electron chi connectivity index (χ0n) is 11.5. The van der Waals surface area contributed by atoms with Gasteiger partial charge in [0.1, 0.15) is 5.82 Å². The summed E-state index contributed by atoms with van der Waals surface area (Å²) in [6.45, 7) is 1.02. The summed E-state index contributed by atoms with van der Waals surface area (Å²) in [5.41, 5.74) is -0.221. The van der Waals surface area contributed by atoms with Gasteiger partial charge in [0.2, 0.25) is 0 Å². The van der Waals surface area contributed by atoms with Crippen LogP contribution in [-0.2, 0) is 12.6 Å². The monoisotopic (exact) mass is 298 g/mol. The number of nitrogens with zero attached hydrogens (tertiary/aromatic N) is 3. The van der Waals surface area contributed by atoms with Crippen molar-refractivity contribution in [1.29, 1.82) is 0 Å². The molecular formula is C14H17F3N4. The summed E-state index contributed by atoms with van der Waals surface area (Å²) in [6.07, 6.45) is 1.75. The van der Waals surface area contributed by atoms with Crippen molar-refractivity contribution >= 4 is 5.65 Å². The summed E-state index contributed by atoms with van der Waals surface area (Å²) >= 11 is 0. The van der Waals surface area contributed by atoms with Gasteiger partial charge in [-0.15, -0.1) is 10.2 Å². The van der Waals surface area contributed by atoms with Gasteiger partial charge in [-0.25, -0.2) is 0 Å². The predicted octanol–water partition coefficient (Wildman–Crippen LogP) is 2.82. The van der Waals surface area contributed by atoms with Crippen LogP contribution < -0.4 is 5.32 Å². The number of nitrogens with one attached hydrogen (secondary N) is 1. The van der Waals surface area contributed by atoms with E-state index in [4.69, 9.17) is 0 Å². The second kappa shape index (κ2) is 5.63. The van der Waals surface area contributed by atoms with Crippen molar-refractivity contribution in [2.45, 2.75) is 44.3 Å². The molecule has 0 amide bonds. The molecule has 0 aromatic carbocycles. The highest BCUT2D eigenvalue weighted by atomic mass is 19.4. The fourth-order valence-electron chi connectivity index (χ4n) is 2.75. The van der Waals surface area contributed by atoms with E-state index in [0.717, 1.165) is 31.6 Å². The zero-order chi connectivity index (χ0) is 14.9. The molecule has 0 radical (unpaired) electrons. The van der Waals surface area contributed by atoms with Gasteiger partial charge in [-0.05, 0) is 37.9 Å². The average molecular weight is 298 g/mol. The van der Waals surface area contributed by atoms with Gasteiger partial charge in [-0.3, -0.25) is 4.40 Å². The molecule has 4 nitrogen and oxygen atoms in total. The third kappa shape index (κ3) is 3.18. The van der Waals surface area contributed by atoms with E-state index in [1.54, 1.807) is 0 Å². The average Bonchev–Trinajstić information content (AvgIpc) is 2.87. The molecule has 0 spiro atoms. The molecular weight excluding hydrogens is 281 g/mol. The first-order valence-corrected chi connectivity index (χ1v) is 7.18. The summed E-state index contributed by atoms with van der Waals surface area (Å²) < 4.78 is 39.7. The van der Waals surface area contributed by atoms with Crippen LogP contribution >= 0.6 is 0 Å². The molecule has 1 atom stereocenters. The summed E-state index contributed by atoms with van der Waals surface area (Å²) in [4.78, 5) is 0. The molecule has 0 bridgehead atoms. The van der Waals surface area contributed by atoms with E-state index < -0.39 is 11.7 Å². The Morgan fingerprint density at radius 2 is 2.10 bits per heavy atom. The van der Waals surface area contributed by atoms with Gasteiger partial charge in [0.05, 0.1) is 5.56 Å². The van der Waals surface area contributed by atoms with E-state index in [-0.39, 0.29) is 0 Å². The Hall–Kier alpha value is -1.63. The highest BCUT2D eigenvalue weighted by Gasteiger charge is 2.31. The third-order valence-electron chi connectivity index (χ3n) is 3.93. The quantitative estimate of drug-likeness (QED) is 0.947. The molecule has 3 heterocycles. The summed E-state index contributed by atoms with van der Waals surface area (Å²) in [5.74, 6) is 0.587. The van der Waals surface area contributed by atoms with Crippen molar-refractivity contribution in [3.05, 3.63) is 29.7 Å². The lowest BCUT2D eigenvalue weighted by molar-refractivity contribution is -0.137. The summed E-state index contributed by atoms with van der Waals surface area (Å²) in [6, 6.07) is 2.83. The molecule has 1 aliphatic heterocycles. The SMILES string of the molecule is FC(F)(F)c1ccc2nnc(CCC3CCCCN3)n2c1. The van der Waals surface area contributed by atoms with E-state index in [2.05, 4.69) is 15.5 Å². The van der Waals surface area contributed by atoms with E-state index in [9.17, 15) is 13.2 Å². The van der Waals surface area contributed by atoms with E-state index in [1.165, 1.54) is 23.3 Å². The van der Waals surface area contributed by atoms with Crippen molar-refractivity contribution in [3.63, 3.8) is 0 Å². The minimum Gasteiger partial charge on any atom is -0.314 e. The number of piperidine rings is 1. The van der Waals surface area contributed by atoms with Crippen molar-refractivity contribution in [2.75, 3.05) is 6.54 Å². The third-order valence-corrected chi connectivity index (χ3v) is 3.93. The van der Waals surface area contributed by atoms with E-state index in [1.807, 2.05) is 0 Å². The van der Waals surface area contributed by atoms with Crippen LogP contribution in [0.15, 0.2) is 18.3 Å². The van der Waals surface area contributed by atoms with E-state index >= 15 is 0 Å². The highest BCUT2D eigenvalue weighted by molar-refractivity contribution is 5.40. The Balaban J connectivity index is 1.78. The molecule has 1 fully saturated rings. The van der Waals surface area contributed by atoms with Crippen LogP contribution in [0.2, 0.25) is 0 Å². The Morgan fingerprint density at radius 1 is 1.24 bits per heavy atom. The molecule has 21 heavy (non-hydrogen) atoms. The maximum atomic E-state index is 12.8. The molecule has 2 aromatic rings. The fraction of sp³-hybridized carbons (Fsp3) is 0.571. The first-order valence-electron chi connectivity index (χ1n) is 7.18. The minimum atomic E-state index is -4.35. The van der Waals surface area contributed by atoms with Crippen LogP contribution in [0.25, 0.3) is 5.65 Å². The van der Waals surface area contributed by atoms with Gasteiger partial charge in [-0.2, -0.15) is 13.2 Å². The smallest absolute Gasteiger partial charge is 0.314 e. The van der Waals surface area contributed by atoms with Gasteiger partial charge in [-0.1, -0.05) is 6.42 Å². The van der Waals surface area contributed by atoms with Crippen LogP contribution in [0.4, 0.5) is 13.2 Å². The second-order valence-corrected chi connectivity index (χ2v) is 5.45. The molecule has 114 valence electrons. The number of aromatic nitrogens is 3. The van der Waals surface area contributed by atoms with Gasteiger partial charge in [0.15, 0.2) is 5.65 Å². The van der Waals surface area contributed by atoms with Crippen molar-refractivity contribution in [2.24, 2.45) is 0 Å². The molecule has 2 aromatic heterocycles. The van der Waals surface area contributed by atoms with Crippen molar-refractivity contribution in [1.82, 2.24) is 19.9 Å². The highest BCUT2D eigenvalue weighted by Crippen LogP contribution is 2.29. The molecule has 0 aliphatic carbocycles. The molecule has 1 saturated heterocycles. The molecule has 3 rings (SSSR count). The van der Waals surface area contributed by atoms with Crippen LogP contribution in [0.3, 0.4) is 0 Å². The van der Waals surface area contributed by atoms with Gasteiger partial charge in [0.25, 0.3) is 0 Å². The summed E-state index contributed by atoms with van der Waals surface area (Å²) in [7, 11) is 0.